The molecule has 1 aromatic carbocycles. The average molecular weight is 419 g/mol. The molecule has 0 radical (unpaired) electrons. The molecule has 0 unspecified atom stereocenters. The summed E-state index contributed by atoms with van der Waals surface area (Å²) in [6, 6.07) is 7.93. The number of piperidine rings is 1. The molecule has 30 heavy (non-hydrogen) atoms. The van der Waals surface area contributed by atoms with Gasteiger partial charge in [-0.3, -0.25) is 4.79 Å². The zero-order valence-corrected chi connectivity index (χ0v) is 18.8. The Kier molecular flexibility index (Phi) is 11.3. The van der Waals surface area contributed by atoms with E-state index in [1.807, 2.05) is 31.2 Å². The van der Waals surface area contributed by atoms with Crippen molar-refractivity contribution in [3.05, 3.63) is 29.8 Å². The third-order valence-corrected chi connectivity index (χ3v) is 5.02. The number of amides is 1. The Hall–Kier alpha value is -2.12. The van der Waals surface area contributed by atoms with Gasteiger partial charge >= 0.3 is 0 Å². The van der Waals surface area contributed by atoms with Crippen LogP contribution in [0.5, 0.6) is 0 Å². The Balaban J connectivity index is 1.88. The predicted molar refractivity (Wildman–Crippen MR) is 122 cm³/mol. The predicted octanol–water partition coefficient (Wildman–Crippen LogP) is 3.41. The second kappa shape index (κ2) is 14.0. The van der Waals surface area contributed by atoms with Crippen molar-refractivity contribution >= 4 is 17.6 Å². The van der Waals surface area contributed by atoms with Crippen LogP contribution in [-0.4, -0.2) is 62.8 Å². The number of anilines is 1. The van der Waals surface area contributed by atoms with E-state index in [2.05, 4.69) is 22.5 Å². The molecule has 168 valence electrons. The number of guanidine groups is 1. The van der Waals surface area contributed by atoms with Crippen LogP contribution in [0.2, 0.25) is 0 Å². The Morgan fingerprint density at radius 2 is 2.03 bits per heavy atom. The number of likely N-dealkylation sites (tertiary alicyclic amines) is 1. The van der Waals surface area contributed by atoms with Crippen LogP contribution in [0.15, 0.2) is 29.3 Å². The summed E-state index contributed by atoms with van der Waals surface area (Å²) in [5.74, 6) is 0.995. The van der Waals surface area contributed by atoms with Crippen molar-refractivity contribution in [2.45, 2.75) is 58.6 Å². The fourth-order valence-electron chi connectivity index (χ4n) is 3.48. The fraction of sp³-hybridized carbons (Fsp3) is 0.652. The summed E-state index contributed by atoms with van der Waals surface area (Å²) in [6.45, 7) is 8.89. The molecule has 0 saturated carbocycles. The van der Waals surface area contributed by atoms with E-state index in [0.29, 0.717) is 19.1 Å². The summed E-state index contributed by atoms with van der Waals surface area (Å²) < 4.78 is 11.0. The third kappa shape index (κ3) is 8.71. The molecule has 1 aliphatic heterocycles. The van der Waals surface area contributed by atoms with E-state index in [0.717, 1.165) is 75.7 Å². The van der Waals surface area contributed by atoms with E-state index in [1.54, 1.807) is 7.11 Å². The highest BCUT2D eigenvalue weighted by Gasteiger charge is 2.21. The summed E-state index contributed by atoms with van der Waals surface area (Å²) in [5.41, 5.74) is 1.91. The van der Waals surface area contributed by atoms with Crippen molar-refractivity contribution < 1.29 is 14.3 Å². The Labute approximate surface area is 181 Å². The van der Waals surface area contributed by atoms with E-state index in [1.165, 1.54) is 0 Å². The zero-order chi connectivity index (χ0) is 21.6. The van der Waals surface area contributed by atoms with Gasteiger partial charge in [-0.1, -0.05) is 19.1 Å². The van der Waals surface area contributed by atoms with Crippen LogP contribution in [0.3, 0.4) is 0 Å². The number of rotatable bonds is 11. The van der Waals surface area contributed by atoms with Gasteiger partial charge in [-0.2, -0.15) is 0 Å². The lowest BCUT2D eigenvalue weighted by molar-refractivity contribution is -0.116. The van der Waals surface area contributed by atoms with Gasteiger partial charge in [0.15, 0.2) is 5.96 Å². The molecule has 0 bridgehead atoms. The minimum Gasteiger partial charge on any atom is -0.385 e. The second-order valence-electron chi connectivity index (χ2n) is 7.57. The summed E-state index contributed by atoms with van der Waals surface area (Å²) in [7, 11) is 1.72. The molecule has 1 amide bonds. The van der Waals surface area contributed by atoms with Gasteiger partial charge in [0.25, 0.3) is 0 Å². The lowest BCUT2D eigenvalue weighted by Crippen LogP contribution is -2.47. The van der Waals surface area contributed by atoms with E-state index in [4.69, 9.17) is 14.5 Å². The van der Waals surface area contributed by atoms with Crippen LogP contribution in [-0.2, 0) is 20.8 Å². The second-order valence-corrected chi connectivity index (χ2v) is 7.57. The number of hydrogen-bond donors (Lipinski definition) is 2. The molecule has 0 aromatic heterocycles. The maximum absolute atomic E-state index is 11.8. The van der Waals surface area contributed by atoms with Crippen molar-refractivity contribution in [1.82, 2.24) is 10.2 Å². The SMILES string of the molecule is CCCC(=O)Nc1cccc(CN=C(NCC)N2CCC(OCCCOC)CC2)c1. The molecule has 1 fully saturated rings. The minimum absolute atomic E-state index is 0.0544. The monoisotopic (exact) mass is 418 g/mol. The highest BCUT2D eigenvalue weighted by molar-refractivity contribution is 5.90. The first-order valence-electron chi connectivity index (χ1n) is 11.2. The Bertz CT molecular complexity index is 658. The van der Waals surface area contributed by atoms with Crippen LogP contribution in [0.25, 0.3) is 0 Å². The van der Waals surface area contributed by atoms with E-state index >= 15 is 0 Å². The van der Waals surface area contributed by atoms with Gasteiger partial charge in [0.1, 0.15) is 0 Å². The summed E-state index contributed by atoms with van der Waals surface area (Å²) >= 11 is 0. The van der Waals surface area contributed by atoms with Crippen LogP contribution in [0, 0.1) is 0 Å². The molecule has 1 heterocycles. The Morgan fingerprint density at radius 1 is 1.23 bits per heavy atom. The van der Waals surface area contributed by atoms with E-state index in [9.17, 15) is 4.79 Å². The molecule has 2 N–H and O–H groups in total. The molecule has 1 saturated heterocycles. The molecular weight excluding hydrogens is 380 g/mol. The maximum atomic E-state index is 11.8. The van der Waals surface area contributed by atoms with Crippen molar-refractivity contribution in [2.75, 3.05) is 45.3 Å². The van der Waals surface area contributed by atoms with Gasteiger partial charge < -0.3 is 25.0 Å². The van der Waals surface area contributed by atoms with E-state index in [-0.39, 0.29) is 5.91 Å². The quantitative estimate of drug-likeness (QED) is 0.327. The highest BCUT2D eigenvalue weighted by atomic mass is 16.5. The third-order valence-electron chi connectivity index (χ3n) is 5.02. The first kappa shape index (κ1) is 24.2. The molecular formula is C23H38N4O3. The highest BCUT2D eigenvalue weighted by Crippen LogP contribution is 2.16. The molecule has 7 nitrogen and oxygen atoms in total. The normalized spacial score (nSPS) is 15.3. The molecule has 0 aliphatic carbocycles. The van der Waals surface area contributed by atoms with Crippen molar-refractivity contribution in [3.8, 4) is 0 Å². The van der Waals surface area contributed by atoms with E-state index < -0.39 is 0 Å². The number of benzene rings is 1. The van der Waals surface area contributed by atoms with Gasteiger partial charge in [0.2, 0.25) is 5.91 Å². The molecule has 1 aliphatic rings. The van der Waals surface area contributed by atoms with Gasteiger partial charge in [0, 0.05) is 52.1 Å². The summed E-state index contributed by atoms with van der Waals surface area (Å²) in [6.07, 6.45) is 4.67. The first-order valence-corrected chi connectivity index (χ1v) is 11.2. The van der Waals surface area contributed by atoms with Crippen LogP contribution >= 0.6 is 0 Å². The number of carbonyl (C=O) groups excluding carboxylic acids is 1. The number of carbonyl (C=O) groups is 1. The first-order chi connectivity index (χ1) is 14.7. The number of aliphatic imine (C=N–C) groups is 1. The van der Waals surface area contributed by atoms with Crippen LogP contribution in [0.4, 0.5) is 5.69 Å². The van der Waals surface area contributed by atoms with Crippen molar-refractivity contribution in [1.29, 1.82) is 0 Å². The molecule has 1 aromatic rings. The summed E-state index contributed by atoms with van der Waals surface area (Å²) in [5, 5.41) is 6.36. The Morgan fingerprint density at radius 3 is 2.73 bits per heavy atom. The number of methoxy groups -OCH3 is 1. The maximum Gasteiger partial charge on any atom is 0.224 e. The lowest BCUT2D eigenvalue weighted by Gasteiger charge is -2.34. The van der Waals surface area contributed by atoms with Gasteiger partial charge in [-0.15, -0.1) is 0 Å². The largest absolute Gasteiger partial charge is 0.385 e. The van der Waals surface area contributed by atoms with Crippen molar-refractivity contribution in [3.63, 3.8) is 0 Å². The lowest BCUT2D eigenvalue weighted by atomic mass is 10.1. The molecule has 7 heteroatoms. The number of nitrogens with zero attached hydrogens (tertiary/aromatic N) is 2. The van der Waals surface area contributed by atoms with Gasteiger partial charge in [0.05, 0.1) is 12.6 Å². The smallest absolute Gasteiger partial charge is 0.224 e. The minimum atomic E-state index is 0.0544. The fourth-order valence-corrected chi connectivity index (χ4v) is 3.48. The van der Waals surface area contributed by atoms with Crippen LogP contribution in [0.1, 0.15) is 51.5 Å². The molecule has 0 spiro atoms. The average Bonchev–Trinajstić information content (AvgIpc) is 2.75. The standard InChI is InChI=1S/C23H38N4O3/c1-4-8-22(28)26-20-10-6-9-19(17-20)18-25-23(24-5-2)27-13-11-21(12-14-27)30-16-7-15-29-3/h6,9-10,17,21H,4-5,7-8,11-16,18H2,1-3H3,(H,24,25)(H,26,28). The van der Waals surface area contributed by atoms with Gasteiger partial charge in [-0.25, -0.2) is 4.99 Å². The molecule has 0 atom stereocenters. The zero-order valence-electron chi connectivity index (χ0n) is 18.8. The number of hydrogen-bond acceptors (Lipinski definition) is 4. The topological polar surface area (TPSA) is 75.2 Å². The van der Waals surface area contributed by atoms with Crippen LogP contribution < -0.4 is 10.6 Å². The molecule has 2 rings (SSSR count). The number of nitrogens with one attached hydrogen (secondary N) is 2. The summed E-state index contributed by atoms with van der Waals surface area (Å²) in [4.78, 5) is 19.0. The van der Waals surface area contributed by atoms with Crippen molar-refractivity contribution in [2.24, 2.45) is 4.99 Å². The number of ether oxygens (including phenoxy) is 2. The van der Waals surface area contributed by atoms with Gasteiger partial charge in [-0.05, 0) is 50.3 Å².